The van der Waals surface area contributed by atoms with Crippen LogP contribution >= 0.6 is 11.3 Å². The second kappa shape index (κ2) is 4.97. The number of aromatic nitrogens is 1. The number of thiazole rings is 1. The summed E-state index contributed by atoms with van der Waals surface area (Å²) >= 11 is 1.73. The van der Waals surface area contributed by atoms with Crippen LogP contribution in [-0.4, -0.2) is 46.7 Å². The van der Waals surface area contributed by atoms with Gasteiger partial charge in [0.2, 0.25) is 0 Å². The molecule has 3 aliphatic rings. The zero-order chi connectivity index (χ0) is 13.7. The van der Waals surface area contributed by atoms with Crippen LogP contribution in [0.1, 0.15) is 49.3 Å². The SMILES string of the molecule is CC1CN2CCCC2CN1c1nc2c(s1)C(O)CCC2. The Balaban J connectivity index is 1.60. The maximum Gasteiger partial charge on any atom is 0.186 e. The Morgan fingerprint density at radius 2 is 2.15 bits per heavy atom. The third-order valence-corrected chi connectivity index (χ3v) is 6.33. The number of hydrogen-bond acceptors (Lipinski definition) is 5. The highest BCUT2D eigenvalue weighted by molar-refractivity contribution is 7.15. The third-order valence-electron chi connectivity index (χ3n) is 5.09. The molecule has 0 saturated carbocycles. The Bertz CT molecular complexity index is 503. The van der Waals surface area contributed by atoms with Gasteiger partial charge in [0.1, 0.15) is 0 Å². The van der Waals surface area contributed by atoms with E-state index in [2.05, 4.69) is 16.7 Å². The molecule has 3 atom stereocenters. The van der Waals surface area contributed by atoms with Crippen LogP contribution in [0.15, 0.2) is 0 Å². The van der Waals surface area contributed by atoms with Gasteiger partial charge in [-0.1, -0.05) is 11.3 Å². The van der Waals surface area contributed by atoms with Crippen molar-refractivity contribution >= 4 is 16.5 Å². The van der Waals surface area contributed by atoms with Crippen LogP contribution in [0.25, 0.3) is 0 Å². The zero-order valence-electron chi connectivity index (χ0n) is 12.1. The molecule has 1 N–H and O–H groups in total. The van der Waals surface area contributed by atoms with Crippen LogP contribution in [-0.2, 0) is 6.42 Å². The number of aliphatic hydroxyl groups is 1. The number of piperazine rings is 1. The van der Waals surface area contributed by atoms with Crippen molar-refractivity contribution in [3.8, 4) is 0 Å². The van der Waals surface area contributed by atoms with Gasteiger partial charge in [-0.25, -0.2) is 4.98 Å². The van der Waals surface area contributed by atoms with Crippen molar-refractivity contribution < 1.29 is 5.11 Å². The van der Waals surface area contributed by atoms with Crippen LogP contribution in [0.2, 0.25) is 0 Å². The molecule has 1 aromatic heterocycles. The monoisotopic (exact) mass is 293 g/mol. The summed E-state index contributed by atoms with van der Waals surface area (Å²) in [7, 11) is 0. The molecule has 0 radical (unpaired) electrons. The average Bonchev–Trinajstić information content (AvgIpc) is 3.03. The van der Waals surface area contributed by atoms with Crippen LogP contribution in [0.3, 0.4) is 0 Å². The molecule has 2 saturated heterocycles. The van der Waals surface area contributed by atoms with E-state index in [9.17, 15) is 5.11 Å². The highest BCUT2D eigenvalue weighted by atomic mass is 32.1. The maximum absolute atomic E-state index is 10.1. The normalized spacial score (nSPS) is 34.1. The van der Waals surface area contributed by atoms with Gasteiger partial charge < -0.3 is 10.0 Å². The fourth-order valence-corrected chi connectivity index (χ4v) is 5.20. The molecule has 0 amide bonds. The Labute approximate surface area is 124 Å². The first kappa shape index (κ1) is 13.0. The van der Waals surface area contributed by atoms with Crippen molar-refractivity contribution in [1.82, 2.24) is 9.88 Å². The minimum Gasteiger partial charge on any atom is -0.388 e. The van der Waals surface area contributed by atoms with Crippen molar-refractivity contribution in [1.29, 1.82) is 0 Å². The molecule has 3 heterocycles. The largest absolute Gasteiger partial charge is 0.388 e. The van der Waals surface area contributed by atoms with Crippen LogP contribution in [0.5, 0.6) is 0 Å². The van der Waals surface area contributed by atoms with Crippen molar-refractivity contribution in [3.05, 3.63) is 10.6 Å². The van der Waals surface area contributed by atoms with Gasteiger partial charge in [0.25, 0.3) is 0 Å². The van der Waals surface area contributed by atoms with Crippen LogP contribution in [0.4, 0.5) is 5.13 Å². The summed E-state index contributed by atoms with van der Waals surface area (Å²) < 4.78 is 0. The molecule has 0 aromatic carbocycles. The van der Waals surface area contributed by atoms with E-state index in [1.54, 1.807) is 11.3 Å². The zero-order valence-corrected chi connectivity index (χ0v) is 12.9. The van der Waals surface area contributed by atoms with E-state index in [1.165, 1.54) is 19.4 Å². The number of fused-ring (bicyclic) bond motifs is 2. The van der Waals surface area contributed by atoms with Gasteiger partial charge >= 0.3 is 0 Å². The van der Waals surface area contributed by atoms with E-state index in [0.29, 0.717) is 6.04 Å². The van der Waals surface area contributed by atoms with E-state index in [-0.39, 0.29) is 6.10 Å². The van der Waals surface area contributed by atoms with E-state index >= 15 is 0 Å². The van der Waals surface area contributed by atoms with Gasteiger partial charge in [0, 0.05) is 25.2 Å². The second-order valence-electron chi connectivity index (χ2n) is 6.51. The number of anilines is 1. The molecular formula is C15H23N3OS. The first-order valence-corrected chi connectivity index (χ1v) is 8.72. The summed E-state index contributed by atoms with van der Waals surface area (Å²) in [6, 6.07) is 1.26. The van der Waals surface area contributed by atoms with Gasteiger partial charge in [-0.2, -0.15) is 0 Å². The topological polar surface area (TPSA) is 39.6 Å². The molecule has 1 aromatic rings. The van der Waals surface area contributed by atoms with Crippen molar-refractivity contribution in [2.24, 2.45) is 0 Å². The molecule has 2 fully saturated rings. The van der Waals surface area contributed by atoms with Gasteiger partial charge in [0.05, 0.1) is 16.7 Å². The van der Waals surface area contributed by atoms with Crippen molar-refractivity contribution in [3.63, 3.8) is 0 Å². The number of hydrogen-bond donors (Lipinski definition) is 1. The summed E-state index contributed by atoms with van der Waals surface area (Å²) in [6.45, 7) is 5.86. The molecule has 5 heteroatoms. The standard InChI is InChI=1S/C15H23N3OS/c1-10-8-17-7-3-4-11(17)9-18(10)15-16-12-5-2-6-13(19)14(12)20-15/h10-11,13,19H,2-9H2,1H3. The van der Waals surface area contributed by atoms with Gasteiger partial charge in [0.15, 0.2) is 5.13 Å². The summed E-state index contributed by atoms with van der Waals surface area (Å²) in [5.74, 6) is 0. The van der Waals surface area contributed by atoms with E-state index < -0.39 is 0 Å². The molecular weight excluding hydrogens is 270 g/mol. The summed E-state index contributed by atoms with van der Waals surface area (Å²) in [6.07, 6.45) is 5.42. The predicted molar refractivity (Wildman–Crippen MR) is 81.4 cm³/mol. The second-order valence-corrected chi connectivity index (χ2v) is 7.52. The molecule has 4 nitrogen and oxygen atoms in total. The molecule has 0 bridgehead atoms. The maximum atomic E-state index is 10.1. The summed E-state index contributed by atoms with van der Waals surface area (Å²) in [4.78, 5) is 11.1. The fourth-order valence-electron chi connectivity index (χ4n) is 3.96. The molecule has 110 valence electrons. The highest BCUT2D eigenvalue weighted by Gasteiger charge is 2.36. The third kappa shape index (κ3) is 2.07. The lowest BCUT2D eigenvalue weighted by atomic mass is 10.0. The van der Waals surface area contributed by atoms with Crippen molar-refractivity contribution in [2.75, 3.05) is 24.5 Å². The van der Waals surface area contributed by atoms with Gasteiger partial charge in [-0.15, -0.1) is 0 Å². The van der Waals surface area contributed by atoms with Crippen LogP contribution < -0.4 is 4.90 Å². The Morgan fingerprint density at radius 1 is 1.25 bits per heavy atom. The molecule has 1 aliphatic carbocycles. The molecule has 3 unspecified atom stereocenters. The quantitative estimate of drug-likeness (QED) is 0.861. The predicted octanol–water partition coefficient (Wildman–Crippen LogP) is 2.19. The lowest BCUT2D eigenvalue weighted by Gasteiger charge is -2.42. The minimum atomic E-state index is -0.270. The summed E-state index contributed by atoms with van der Waals surface area (Å²) in [5, 5.41) is 11.3. The van der Waals surface area contributed by atoms with Crippen molar-refractivity contribution in [2.45, 2.75) is 57.2 Å². The smallest absolute Gasteiger partial charge is 0.186 e. The van der Waals surface area contributed by atoms with E-state index in [1.807, 2.05) is 0 Å². The molecule has 2 aliphatic heterocycles. The van der Waals surface area contributed by atoms with Gasteiger partial charge in [-0.3, -0.25) is 4.90 Å². The Morgan fingerprint density at radius 3 is 3.00 bits per heavy atom. The molecule has 0 spiro atoms. The first-order chi connectivity index (χ1) is 9.72. The lowest BCUT2D eigenvalue weighted by molar-refractivity contribution is 0.160. The molecule has 4 rings (SSSR count). The Hall–Kier alpha value is -0.650. The Kier molecular flexibility index (Phi) is 3.24. The lowest BCUT2D eigenvalue weighted by Crippen LogP contribution is -2.55. The van der Waals surface area contributed by atoms with E-state index in [0.717, 1.165) is 54.1 Å². The summed E-state index contributed by atoms with van der Waals surface area (Å²) in [5.41, 5.74) is 1.16. The minimum absolute atomic E-state index is 0.270. The molecule has 20 heavy (non-hydrogen) atoms. The van der Waals surface area contributed by atoms with Crippen LogP contribution in [0, 0.1) is 0 Å². The average molecular weight is 293 g/mol. The number of aryl methyl sites for hydroxylation is 1. The first-order valence-electron chi connectivity index (χ1n) is 7.90. The number of aliphatic hydroxyl groups excluding tert-OH is 1. The highest BCUT2D eigenvalue weighted by Crippen LogP contribution is 2.39. The van der Waals surface area contributed by atoms with Gasteiger partial charge in [-0.05, 0) is 45.6 Å². The fraction of sp³-hybridized carbons (Fsp3) is 0.800. The number of rotatable bonds is 1. The van der Waals surface area contributed by atoms with E-state index in [4.69, 9.17) is 4.98 Å². The number of nitrogens with zero attached hydrogens (tertiary/aromatic N) is 3.